The van der Waals surface area contributed by atoms with E-state index in [1.165, 1.54) is 6.08 Å². The molecule has 1 heterocycles. The van der Waals surface area contributed by atoms with Crippen LogP contribution in [0.5, 0.6) is 11.5 Å². The molecular formula is C21H30INO5S. The number of ketones is 1. The summed E-state index contributed by atoms with van der Waals surface area (Å²) in [6, 6.07) is 3.39. The normalized spacial score (nSPS) is 18.8. The van der Waals surface area contributed by atoms with E-state index in [1.807, 2.05) is 12.1 Å². The number of allylic oxidation sites excluding steroid dienone is 1. The van der Waals surface area contributed by atoms with E-state index in [4.69, 9.17) is 9.47 Å². The Morgan fingerprint density at radius 3 is 2.41 bits per heavy atom. The fraction of sp³-hybridized carbons (Fsp3) is 0.571. The van der Waals surface area contributed by atoms with Gasteiger partial charge < -0.3 is 9.47 Å². The van der Waals surface area contributed by atoms with E-state index in [0.717, 1.165) is 22.0 Å². The number of sulfonamides is 1. The molecule has 1 aromatic carbocycles. The Morgan fingerprint density at radius 1 is 1.21 bits per heavy atom. The lowest BCUT2D eigenvalue weighted by molar-refractivity contribution is -0.115. The number of hydrogen-bond acceptors (Lipinski definition) is 5. The SMILES string of the molecule is COc1cc(I)c(/C=C/C(=O)C[C@H]2CCCCN2S(=O)(=O)C(C)(C)C)cc1OC. The number of methoxy groups -OCH3 is 2. The van der Waals surface area contributed by atoms with Gasteiger partial charge in [0.25, 0.3) is 0 Å². The lowest BCUT2D eigenvalue weighted by Crippen LogP contribution is -2.50. The predicted octanol–water partition coefficient (Wildman–Crippen LogP) is 4.26. The Balaban J connectivity index is 2.17. The molecule has 29 heavy (non-hydrogen) atoms. The first-order valence-corrected chi connectivity index (χ1v) is 12.2. The Hall–Kier alpha value is -1.13. The van der Waals surface area contributed by atoms with Crippen LogP contribution in [0.4, 0.5) is 0 Å². The van der Waals surface area contributed by atoms with Gasteiger partial charge in [-0.05, 0) is 80.0 Å². The van der Waals surface area contributed by atoms with Crippen molar-refractivity contribution in [3.63, 3.8) is 0 Å². The van der Waals surface area contributed by atoms with E-state index >= 15 is 0 Å². The van der Waals surface area contributed by atoms with Crippen LogP contribution < -0.4 is 9.47 Å². The minimum Gasteiger partial charge on any atom is -0.493 e. The van der Waals surface area contributed by atoms with Crippen LogP contribution in [-0.4, -0.2) is 50.1 Å². The van der Waals surface area contributed by atoms with Crippen molar-refractivity contribution in [2.75, 3.05) is 20.8 Å². The summed E-state index contributed by atoms with van der Waals surface area (Å²) in [4.78, 5) is 12.6. The number of halogens is 1. The van der Waals surface area contributed by atoms with Gasteiger partial charge in [0.1, 0.15) is 0 Å². The molecular weight excluding hydrogens is 505 g/mol. The summed E-state index contributed by atoms with van der Waals surface area (Å²) >= 11 is 2.18. The largest absolute Gasteiger partial charge is 0.493 e. The van der Waals surface area contributed by atoms with Gasteiger partial charge in [-0.3, -0.25) is 4.79 Å². The first kappa shape index (κ1) is 24.1. The van der Waals surface area contributed by atoms with Crippen LogP contribution in [0.25, 0.3) is 6.08 Å². The number of carbonyl (C=O) groups is 1. The molecule has 0 aliphatic carbocycles. The van der Waals surface area contributed by atoms with Crippen LogP contribution in [0.2, 0.25) is 0 Å². The maximum atomic E-state index is 12.9. The molecule has 0 amide bonds. The van der Waals surface area contributed by atoms with Gasteiger partial charge in [-0.25, -0.2) is 8.42 Å². The van der Waals surface area contributed by atoms with Crippen LogP contribution in [0.3, 0.4) is 0 Å². The van der Waals surface area contributed by atoms with Gasteiger partial charge in [0, 0.05) is 22.6 Å². The third-order valence-corrected chi connectivity index (χ3v) is 8.62. The van der Waals surface area contributed by atoms with Crippen LogP contribution >= 0.6 is 22.6 Å². The molecule has 1 aliphatic rings. The second-order valence-corrected chi connectivity index (χ2v) is 11.9. The number of hydrogen-bond donors (Lipinski definition) is 0. The number of piperidine rings is 1. The monoisotopic (exact) mass is 535 g/mol. The fourth-order valence-corrected chi connectivity index (χ4v) is 5.59. The molecule has 0 aromatic heterocycles. The van der Waals surface area contributed by atoms with Gasteiger partial charge in [-0.2, -0.15) is 4.31 Å². The zero-order chi connectivity index (χ0) is 21.8. The summed E-state index contributed by atoms with van der Waals surface area (Å²) in [5.74, 6) is 1.14. The molecule has 0 spiro atoms. The standard InChI is InChI=1S/C21H30INO5S/c1-21(2,3)29(25,26)23-11-7-6-8-16(23)13-17(24)10-9-15-12-19(27-4)20(28-5)14-18(15)22/h9-10,12,14,16H,6-8,11,13H2,1-5H3/b10-9+/t16-/m1/s1. The first-order chi connectivity index (χ1) is 13.5. The van der Waals surface area contributed by atoms with Crippen molar-refractivity contribution >= 4 is 44.5 Å². The van der Waals surface area contributed by atoms with Crippen LogP contribution in [0.1, 0.15) is 52.0 Å². The van der Waals surface area contributed by atoms with Gasteiger partial charge in [0.15, 0.2) is 17.3 Å². The highest BCUT2D eigenvalue weighted by Gasteiger charge is 2.40. The highest BCUT2D eigenvalue weighted by molar-refractivity contribution is 14.1. The molecule has 1 atom stereocenters. The molecule has 0 radical (unpaired) electrons. The molecule has 6 nitrogen and oxygen atoms in total. The zero-order valence-electron chi connectivity index (χ0n) is 17.7. The zero-order valence-corrected chi connectivity index (χ0v) is 20.7. The summed E-state index contributed by atoms with van der Waals surface area (Å²) in [6.45, 7) is 5.59. The maximum absolute atomic E-state index is 12.9. The van der Waals surface area contributed by atoms with E-state index in [2.05, 4.69) is 22.6 Å². The van der Waals surface area contributed by atoms with Crippen LogP contribution in [0, 0.1) is 3.57 Å². The summed E-state index contributed by atoms with van der Waals surface area (Å²) in [5.41, 5.74) is 0.847. The molecule has 1 saturated heterocycles. The van der Waals surface area contributed by atoms with E-state index < -0.39 is 14.8 Å². The van der Waals surface area contributed by atoms with Crippen molar-refractivity contribution in [1.82, 2.24) is 4.31 Å². The number of ether oxygens (including phenoxy) is 2. The second kappa shape index (κ2) is 9.78. The van der Waals surface area contributed by atoms with Crippen molar-refractivity contribution < 1.29 is 22.7 Å². The molecule has 0 saturated carbocycles. The van der Waals surface area contributed by atoms with Crippen LogP contribution in [0.15, 0.2) is 18.2 Å². The number of carbonyl (C=O) groups excluding carboxylic acids is 1. The average Bonchev–Trinajstić information content (AvgIpc) is 2.66. The van der Waals surface area contributed by atoms with Gasteiger partial charge >= 0.3 is 0 Å². The molecule has 0 bridgehead atoms. The Bertz CT molecular complexity index is 874. The number of rotatable bonds is 7. The van der Waals surface area contributed by atoms with Crippen molar-refractivity contribution in [3.05, 3.63) is 27.3 Å². The summed E-state index contributed by atoms with van der Waals surface area (Å²) in [7, 11) is -0.315. The fourth-order valence-electron chi connectivity index (χ4n) is 3.33. The maximum Gasteiger partial charge on any atom is 0.219 e. The molecule has 162 valence electrons. The number of benzene rings is 1. The molecule has 1 fully saturated rings. The summed E-state index contributed by atoms with van der Waals surface area (Å²) < 4.78 is 38.1. The highest BCUT2D eigenvalue weighted by atomic mass is 127. The van der Waals surface area contributed by atoms with E-state index in [-0.39, 0.29) is 18.2 Å². The lowest BCUT2D eigenvalue weighted by atomic mass is 9.99. The molecule has 8 heteroatoms. The second-order valence-electron chi connectivity index (χ2n) is 8.11. The smallest absolute Gasteiger partial charge is 0.219 e. The van der Waals surface area contributed by atoms with Crippen molar-refractivity contribution in [3.8, 4) is 11.5 Å². The van der Waals surface area contributed by atoms with E-state index in [1.54, 1.807) is 45.4 Å². The minimum absolute atomic E-state index is 0.0865. The Morgan fingerprint density at radius 2 is 1.83 bits per heavy atom. The molecule has 1 aliphatic heterocycles. The molecule has 0 N–H and O–H groups in total. The first-order valence-electron chi connectivity index (χ1n) is 9.65. The predicted molar refractivity (Wildman–Crippen MR) is 124 cm³/mol. The van der Waals surface area contributed by atoms with Gasteiger partial charge in [0.05, 0.1) is 19.0 Å². The van der Waals surface area contributed by atoms with Crippen molar-refractivity contribution in [2.24, 2.45) is 0 Å². The number of nitrogens with zero attached hydrogens (tertiary/aromatic N) is 1. The van der Waals surface area contributed by atoms with Gasteiger partial charge in [0.2, 0.25) is 10.0 Å². The highest BCUT2D eigenvalue weighted by Crippen LogP contribution is 2.32. The van der Waals surface area contributed by atoms with Crippen molar-refractivity contribution in [1.29, 1.82) is 0 Å². The Kier molecular flexibility index (Phi) is 8.15. The van der Waals surface area contributed by atoms with Gasteiger partial charge in [-0.15, -0.1) is 0 Å². The molecule has 2 rings (SSSR count). The molecule has 1 aromatic rings. The summed E-state index contributed by atoms with van der Waals surface area (Å²) in [6.07, 6.45) is 5.95. The van der Waals surface area contributed by atoms with Gasteiger partial charge in [-0.1, -0.05) is 12.5 Å². The average molecular weight is 535 g/mol. The van der Waals surface area contributed by atoms with Crippen LogP contribution in [-0.2, 0) is 14.8 Å². The van der Waals surface area contributed by atoms with Crippen molar-refractivity contribution in [2.45, 2.75) is 57.2 Å². The third-order valence-electron chi connectivity index (χ3n) is 5.04. The topological polar surface area (TPSA) is 72.9 Å². The Labute approximate surface area is 187 Å². The lowest BCUT2D eigenvalue weighted by Gasteiger charge is -2.38. The van der Waals surface area contributed by atoms with E-state index in [0.29, 0.717) is 24.5 Å². The third kappa shape index (κ3) is 5.73. The summed E-state index contributed by atoms with van der Waals surface area (Å²) in [5, 5.41) is 0. The minimum atomic E-state index is -3.46. The van der Waals surface area contributed by atoms with E-state index in [9.17, 15) is 13.2 Å². The quantitative estimate of drug-likeness (QED) is 0.386. The molecule has 0 unspecified atom stereocenters.